The van der Waals surface area contributed by atoms with Crippen molar-refractivity contribution in [3.8, 4) is 22.8 Å². The number of rotatable bonds is 9. The molecule has 0 saturated carbocycles. The molecule has 0 N–H and O–H groups in total. The summed E-state index contributed by atoms with van der Waals surface area (Å²) < 4.78 is 45.1. The van der Waals surface area contributed by atoms with Crippen molar-refractivity contribution in [2.45, 2.75) is 31.8 Å². The zero-order chi connectivity index (χ0) is 19.1. The van der Waals surface area contributed by atoms with Gasteiger partial charge in [0.25, 0.3) is 0 Å². The number of aromatic nitrogens is 1. The molecule has 1 aliphatic heterocycles. The first-order valence-electron chi connectivity index (χ1n) is 8.94. The van der Waals surface area contributed by atoms with E-state index in [9.17, 15) is 13.6 Å². The van der Waals surface area contributed by atoms with Gasteiger partial charge in [-0.2, -0.15) is 0 Å². The van der Waals surface area contributed by atoms with Gasteiger partial charge in [-0.15, -0.1) is 0 Å². The molecule has 1 aromatic carbocycles. The van der Waals surface area contributed by atoms with Crippen molar-refractivity contribution in [2.75, 3.05) is 19.8 Å². The summed E-state index contributed by atoms with van der Waals surface area (Å²) in [5, 5.41) is 0. The van der Waals surface area contributed by atoms with Gasteiger partial charge in [-0.05, 0) is 42.7 Å². The number of ether oxygens (including phenoxy) is 3. The molecule has 27 heavy (non-hydrogen) atoms. The second-order valence-electron chi connectivity index (χ2n) is 6.24. The first-order chi connectivity index (χ1) is 13.2. The molecule has 0 aliphatic carbocycles. The number of unbranched alkanes of at least 4 members (excludes halogenated alkanes) is 2. The summed E-state index contributed by atoms with van der Waals surface area (Å²) >= 11 is 0. The first-order valence-corrected chi connectivity index (χ1v) is 8.94. The molecule has 1 saturated heterocycles. The van der Waals surface area contributed by atoms with E-state index in [1.54, 1.807) is 18.3 Å². The van der Waals surface area contributed by atoms with Gasteiger partial charge in [0, 0.05) is 24.6 Å². The molecule has 144 valence electrons. The molecule has 1 fully saturated rings. The van der Waals surface area contributed by atoms with E-state index >= 15 is 0 Å². The van der Waals surface area contributed by atoms with Crippen LogP contribution in [0.3, 0.4) is 0 Å². The highest BCUT2D eigenvalue weighted by molar-refractivity contribution is 5.69. The lowest BCUT2D eigenvalue weighted by Gasteiger charge is -2.15. The summed E-state index contributed by atoms with van der Waals surface area (Å²) in [5.74, 6) is -1.69. The van der Waals surface area contributed by atoms with Gasteiger partial charge in [-0.25, -0.2) is 13.8 Å². The zero-order valence-electron chi connectivity index (χ0n) is 14.8. The number of carbonyl (C=O) groups excluding carboxylic acids is 1. The normalized spacial score (nSPS) is 16.3. The Morgan fingerprint density at radius 1 is 1.26 bits per heavy atom. The number of nitrogens with zero attached hydrogens (tertiary/aromatic N) is 1. The predicted molar refractivity (Wildman–Crippen MR) is 94.9 cm³/mol. The fourth-order valence-corrected chi connectivity index (χ4v) is 2.83. The number of carbonyl (C=O) groups is 1. The quantitative estimate of drug-likeness (QED) is 0.489. The molecule has 0 spiro atoms. The van der Waals surface area contributed by atoms with Gasteiger partial charge < -0.3 is 19.0 Å². The largest absolute Gasteiger partial charge is 0.488 e. The van der Waals surface area contributed by atoms with Crippen molar-refractivity contribution in [1.29, 1.82) is 0 Å². The van der Waals surface area contributed by atoms with Crippen LogP contribution in [0.25, 0.3) is 11.1 Å². The Bertz CT molecular complexity index is 755. The highest BCUT2D eigenvalue weighted by Gasteiger charge is 2.21. The van der Waals surface area contributed by atoms with Crippen molar-refractivity contribution < 1.29 is 27.8 Å². The maximum Gasteiger partial charge on any atom is 0.221 e. The van der Waals surface area contributed by atoms with Gasteiger partial charge in [0.2, 0.25) is 5.88 Å². The van der Waals surface area contributed by atoms with Crippen molar-refractivity contribution in [1.82, 2.24) is 4.98 Å². The fourth-order valence-electron chi connectivity index (χ4n) is 2.83. The second-order valence-corrected chi connectivity index (χ2v) is 6.24. The molecular formula is C20H21F2NO4. The molecule has 2 heterocycles. The predicted octanol–water partition coefficient (Wildman–Crippen LogP) is 3.94. The number of hydrogen-bond donors (Lipinski definition) is 0. The van der Waals surface area contributed by atoms with E-state index in [-0.39, 0.29) is 12.7 Å². The van der Waals surface area contributed by atoms with E-state index in [4.69, 9.17) is 14.2 Å². The molecule has 3 rings (SSSR count). The van der Waals surface area contributed by atoms with Crippen LogP contribution in [0, 0.1) is 11.6 Å². The number of hydrogen-bond acceptors (Lipinski definition) is 5. The van der Waals surface area contributed by atoms with Crippen LogP contribution in [0.4, 0.5) is 8.78 Å². The summed E-state index contributed by atoms with van der Waals surface area (Å²) in [6, 6.07) is 5.80. The minimum absolute atomic E-state index is 0.123. The van der Waals surface area contributed by atoms with Gasteiger partial charge >= 0.3 is 0 Å². The summed E-state index contributed by atoms with van der Waals surface area (Å²) in [6.45, 7) is 1.23. The van der Waals surface area contributed by atoms with Crippen LogP contribution in [0.1, 0.15) is 25.7 Å². The molecule has 1 unspecified atom stereocenters. The van der Waals surface area contributed by atoms with Gasteiger partial charge in [-0.1, -0.05) is 0 Å². The SMILES string of the molecule is O=CCCCCOc1c(F)cc(-c2cccnc2OC2CCOC2)cc1F. The Kier molecular flexibility index (Phi) is 6.70. The third-order valence-electron chi connectivity index (χ3n) is 4.21. The maximum atomic E-state index is 14.4. The van der Waals surface area contributed by atoms with E-state index in [1.165, 1.54) is 12.1 Å². The lowest BCUT2D eigenvalue weighted by atomic mass is 10.1. The van der Waals surface area contributed by atoms with E-state index in [1.807, 2.05) is 0 Å². The highest BCUT2D eigenvalue weighted by Crippen LogP contribution is 2.34. The highest BCUT2D eigenvalue weighted by atomic mass is 19.1. The zero-order valence-corrected chi connectivity index (χ0v) is 14.8. The van der Waals surface area contributed by atoms with E-state index in [0.29, 0.717) is 49.5 Å². The van der Waals surface area contributed by atoms with Crippen LogP contribution >= 0.6 is 0 Å². The molecule has 1 aromatic heterocycles. The Morgan fingerprint density at radius 2 is 2.07 bits per heavy atom. The van der Waals surface area contributed by atoms with Gasteiger partial charge in [0.15, 0.2) is 17.4 Å². The minimum Gasteiger partial charge on any atom is -0.488 e. The second kappa shape index (κ2) is 9.41. The van der Waals surface area contributed by atoms with Crippen LogP contribution < -0.4 is 9.47 Å². The third-order valence-corrected chi connectivity index (χ3v) is 4.21. The molecule has 2 aromatic rings. The van der Waals surface area contributed by atoms with Crippen molar-refractivity contribution in [3.63, 3.8) is 0 Å². The molecule has 5 nitrogen and oxygen atoms in total. The molecule has 0 radical (unpaired) electrons. The van der Waals surface area contributed by atoms with Gasteiger partial charge in [0.1, 0.15) is 12.4 Å². The smallest absolute Gasteiger partial charge is 0.221 e. The molecule has 1 aliphatic rings. The fraction of sp³-hybridized carbons (Fsp3) is 0.400. The molecule has 1 atom stereocenters. The van der Waals surface area contributed by atoms with E-state index < -0.39 is 17.4 Å². The Labute approximate surface area is 156 Å². The van der Waals surface area contributed by atoms with Crippen LogP contribution in [0.15, 0.2) is 30.5 Å². The molecule has 0 amide bonds. The number of aldehydes is 1. The molecule has 0 bridgehead atoms. The lowest BCUT2D eigenvalue weighted by molar-refractivity contribution is -0.107. The van der Waals surface area contributed by atoms with E-state index in [2.05, 4.69) is 4.98 Å². The monoisotopic (exact) mass is 377 g/mol. The minimum atomic E-state index is -0.792. The van der Waals surface area contributed by atoms with Crippen LogP contribution in [-0.2, 0) is 9.53 Å². The molecular weight excluding hydrogens is 356 g/mol. The van der Waals surface area contributed by atoms with Gasteiger partial charge in [0.05, 0.1) is 19.8 Å². The number of benzene rings is 1. The maximum absolute atomic E-state index is 14.4. The van der Waals surface area contributed by atoms with Crippen LogP contribution in [0.5, 0.6) is 11.6 Å². The van der Waals surface area contributed by atoms with E-state index in [0.717, 1.165) is 12.7 Å². The Hall–Kier alpha value is -2.54. The van der Waals surface area contributed by atoms with Crippen LogP contribution in [-0.4, -0.2) is 37.2 Å². The Morgan fingerprint density at radius 3 is 2.78 bits per heavy atom. The van der Waals surface area contributed by atoms with Crippen molar-refractivity contribution in [3.05, 3.63) is 42.1 Å². The third kappa shape index (κ3) is 5.01. The Balaban J connectivity index is 1.76. The average molecular weight is 377 g/mol. The van der Waals surface area contributed by atoms with Gasteiger partial charge in [-0.3, -0.25) is 0 Å². The summed E-state index contributed by atoms with van der Waals surface area (Å²) in [5.41, 5.74) is 0.819. The van der Waals surface area contributed by atoms with Crippen LogP contribution in [0.2, 0.25) is 0 Å². The summed E-state index contributed by atoms with van der Waals surface area (Å²) in [4.78, 5) is 14.5. The van der Waals surface area contributed by atoms with Crippen molar-refractivity contribution >= 4 is 6.29 Å². The number of pyridine rings is 1. The topological polar surface area (TPSA) is 57.7 Å². The first kappa shape index (κ1) is 19.2. The van der Waals surface area contributed by atoms with Crippen molar-refractivity contribution in [2.24, 2.45) is 0 Å². The summed E-state index contributed by atoms with van der Waals surface area (Å²) in [7, 11) is 0. The standard InChI is InChI=1S/C20H21F2NO4/c21-17-11-14(12-18(22)19(17)26-9-3-1-2-8-24)16-5-4-7-23-20(16)27-15-6-10-25-13-15/h4-5,7-8,11-12,15H,1-3,6,9-10,13H2. The molecule has 7 heteroatoms. The average Bonchev–Trinajstić information content (AvgIpc) is 3.17. The summed E-state index contributed by atoms with van der Waals surface area (Å²) in [6.07, 6.45) is 4.57. The lowest BCUT2D eigenvalue weighted by Crippen LogP contribution is -2.16. The number of halogens is 2.